The SMILES string of the molecule is CCOC1(O)NCCN1[N+](=O)[O-]. The van der Waals surface area contributed by atoms with Crippen LogP contribution in [0.3, 0.4) is 0 Å². The van der Waals surface area contributed by atoms with Crippen LogP contribution in [0, 0.1) is 10.1 Å². The minimum absolute atomic E-state index is 0.128. The van der Waals surface area contributed by atoms with E-state index in [2.05, 4.69) is 5.32 Å². The molecule has 0 saturated carbocycles. The molecule has 0 aliphatic carbocycles. The van der Waals surface area contributed by atoms with Crippen molar-refractivity contribution in [1.82, 2.24) is 10.3 Å². The molecule has 1 unspecified atom stereocenters. The van der Waals surface area contributed by atoms with Crippen molar-refractivity contribution in [3.8, 4) is 0 Å². The highest BCUT2D eigenvalue weighted by Gasteiger charge is 2.47. The molecule has 0 aromatic carbocycles. The van der Waals surface area contributed by atoms with Gasteiger partial charge in [0.1, 0.15) is 0 Å². The van der Waals surface area contributed by atoms with Crippen LogP contribution in [0.5, 0.6) is 0 Å². The van der Waals surface area contributed by atoms with E-state index in [1.54, 1.807) is 6.92 Å². The van der Waals surface area contributed by atoms with E-state index in [-0.39, 0.29) is 13.2 Å². The minimum Gasteiger partial charge on any atom is -0.332 e. The Kier molecular flexibility index (Phi) is 2.46. The summed E-state index contributed by atoms with van der Waals surface area (Å²) in [6, 6.07) is -1.93. The Morgan fingerprint density at radius 2 is 2.58 bits per heavy atom. The minimum atomic E-state index is -1.93. The Labute approximate surface area is 69.0 Å². The number of hydrazine groups is 1. The highest BCUT2D eigenvalue weighted by molar-refractivity contribution is 4.70. The van der Waals surface area contributed by atoms with Crippen LogP contribution in [0.1, 0.15) is 6.92 Å². The van der Waals surface area contributed by atoms with E-state index in [1.807, 2.05) is 0 Å². The molecule has 7 heteroatoms. The topological polar surface area (TPSA) is 87.9 Å². The van der Waals surface area contributed by atoms with E-state index in [1.165, 1.54) is 0 Å². The molecule has 1 aliphatic rings. The number of nitrogens with zero attached hydrogens (tertiary/aromatic N) is 2. The maximum Gasteiger partial charge on any atom is 0.367 e. The largest absolute Gasteiger partial charge is 0.367 e. The van der Waals surface area contributed by atoms with Gasteiger partial charge in [0.25, 0.3) is 0 Å². The van der Waals surface area contributed by atoms with E-state index in [9.17, 15) is 15.2 Å². The molecular formula is C5H11N3O4. The predicted octanol–water partition coefficient (Wildman–Crippen LogP) is -1.28. The lowest BCUT2D eigenvalue weighted by molar-refractivity contribution is -0.703. The number of nitrogens with one attached hydrogen (secondary N) is 1. The van der Waals surface area contributed by atoms with E-state index < -0.39 is 11.1 Å². The zero-order valence-corrected chi connectivity index (χ0v) is 6.69. The van der Waals surface area contributed by atoms with Crippen molar-refractivity contribution in [2.75, 3.05) is 19.7 Å². The van der Waals surface area contributed by atoms with Gasteiger partial charge in [-0.05, 0) is 6.92 Å². The second kappa shape index (κ2) is 3.21. The third-order valence-corrected chi connectivity index (χ3v) is 1.57. The van der Waals surface area contributed by atoms with Gasteiger partial charge in [0.15, 0.2) is 5.03 Å². The molecule has 12 heavy (non-hydrogen) atoms. The molecule has 0 bridgehead atoms. The third-order valence-electron chi connectivity index (χ3n) is 1.57. The normalized spacial score (nSPS) is 29.3. The first-order valence-corrected chi connectivity index (χ1v) is 3.63. The van der Waals surface area contributed by atoms with Gasteiger partial charge in [-0.3, -0.25) is 0 Å². The molecule has 0 spiro atoms. The Hall–Kier alpha value is -0.920. The summed E-state index contributed by atoms with van der Waals surface area (Å²) in [5, 5.41) is 22.2. The molecule has 1 atom stereocenters. The molecule has 0 aromatic rings. The fourth-order valence-corrected chi connectivity index (χ4v) is 1.09. The monoisotopic (exact) mass is 177 g/mol. The number of hydrogen-bond donors (Lipinski definition) is 2. The van der Waals surface area contributed by atoms with E-state index in [0.29, 0.717) is 11.6 Å². The standard InChI is InChI=1S/C5H11N3O4/c1-2-12-5(9)6-3-4-7(5)8(10)11/h6,9H,2-4H2,1H3. The van der Waals surface area contributed by atoms with Gasteiger partial charge >= 0.3 is 6.03 Å². The van der Waals surface area contributed by atoms with Crippen molar-refractivity contribution in [2.45, 2.75) is 13.0 Å². The highest BCUT2D eigenvalue weighted by atomic mass is 16.7. The van der Waals surface area contributed by atoms with Gasteiger partial charge in [-0.15, -0.1) is 0 Å². The van der Waals surface area contributed by atoms with Gasteiger partial charge in [0, 0.05) is 6.54 Å². The molecule has 1 heterocycles. The summed E-state index contributed by atoms with van der Waals surface area (Å²) in [6.07, 6.45) is 0. The molecule has 1 aliphatic heterocycles. The first-order valence-electron chi connectivity index (χ1n) is 3.63. The fourth-order valence-electron chi connectivity index (χ4n) is 1.09. The Bertz CT molecular complexity index is 188. The Balaban J connectivity index is 2.67. The van der Waals surface area contributed by atoms with Gasteiger partial charge in [0.05, 0.1) is 13.2 Å². The van der Waals surface area contributed by atoms with E-state index in [0.717, 1.165) is 0 Å². The average Bonchev–Trinajstić information content (AvgIpc) is 2.32. The maximum atomic E-state index is 10.3. The van der Waals surface area contributed by atoms with Crippen molar-refractivity contribution in [3.63, 3.8) is 0 Å². The van der Waals surface area contributed by atoms with Crippen molar-refractivity contribution >= 4 is 0 Å². The molecule has 1 fully saturated rings. The Morgan fingerprint density at radius 3 is 3.08 bits per heavy atom. The van der Waals surface area contributed by atoms with Crippen LogP contribution in [0.15, 0.2) is 0 Å². The van der Waals surface area contributed by atoms with E-state index >= 15 is 0 Å². The number of hydrogen-bond acceptors (Lipinski definition) is 5. The molecule has 1 rings (SSSR count). The summed E-state index contributed by atoms with van der Waals surface area (Å²) >= 11 is 0. The van der Waals surface area contributed by atoms with Gasteiger partial charge in [-0.25, -0.2) is 15.4 Å². The van der Waals surface area contributed by atoms with Crippen LogP contribution >= 0.6 is 0 Å². The summed E-state index contributed by atoms with van der Waals surface area (Å²) in [6.45, 7) is 2.31. The smallest absolute Gasteiger partial charge is 0.332 e. The van der Waals surface area contributed by atoms with Gasteiger partial charge in [0.2, 0.25) is 0 Å². The number of nitro groups is 1. The summed E-state index contributed by atoms with van der Waals surface area (Å²) < 4.78 is 4.79. The van der Waals surface area contributed by atoms with Crippen LogP contribution < -0.4 is 5.32 Å². The van der Waals surface area contributed by atoms with Crippen molar-refractivity contribution in [2.24, 2.45) is 0 Å². The second-order valence-corrected chi connectivity index (χ2v) is 2.33. The van der Waals surface area contributed by atoms with Gasteiger partial charge in [-0.1, -0.05) is 5.01 Å². The number of ether oxygens (including phenoxy) is 1. The first-order chi connectivity index (χ1) is 5.60. The molecule has 7 nitrogen and oxygen atoms in total. The maximum absolute atomic E-state index is 10.3. The molecular weight excluding hydrogens is 166 g/mol. The predicted molar refractivity (Wildman–Crippen MR) is 38.3 cm³/mol. The fraction of sp³-hybridized carbons (Fsp3) is 1.00. The molecule has 0 amide bonds. The molecule has 70 valence electrons. The van der Waals surface area contributed by atoms with Gasteiger partial charge < -0.3 is 9.84 Å². The highest BCUT2D eigenvalue weighted by Crippen LogP contribution is 2.14. The molecule has 0 radical (unpaired) electrons. The van der Waals surface area contributed by atoms with Crippen molar-refractivity contribution in [1.29, 1.82) is 0 Å². The van der Waals surface area contributed by atoms with Crippen LogP contribution in [0.4, 0.5) is 0 Å². The third kappa shape index (κ3) is 1.47. The summed E-state index contributed by atoms with van der Waals surface area (Å²) in [5.74, 6) is 0. The van der Waals surface area contributed by atoms with Crippen LogP contribution in [0.25, 0.3) is 0 Å². The number of rotatable bonds is 3. The quantitative estimate of drug-likeness (QED) is 0.317. The molecule has 2 N–H and O–H groups in total. The number of aliphatic hydroxyl groups is 1. The molecule has 1 saturated heterocycles. The molecule has 0 aromatic heterocycles. The second-order valence-electron chi connectivity index (χ2n) is 2.33. The zero-order valence-electron chi connectivity index (χ0n) is 6.69. The lowest BCUT2D eigenvalue weighted by atomic mass is 10.7. The Morgan fingerprint density at radius 1 is 1.92 bits per heavy atom. The summed E-state index contributed by atoms with van der Waals surface area (Å²) in [4.78, 5) is 10.3. The average molecular weight is 177 g/mol. The van der Waals surface area contributed by atoms with E-state index in [4.69, 9.17) is 4.74 Å². The lowest BCUT2D eigenvalue weighted by Gasteiger charge is -2.24. The van der Waals surface area contributed by atoms with Crippen LogP contribution in [0.2, 0.25) is 0 Å². The van der Waals surface area contributed by atoms with Crippen LogP contribution in [-0.4, -0.2) is 40.9 Å². The summed E-state index contributed by atoms with van der Waals surface area (Å²) in [5.41, 5.74) is 0. The first kappa shape index (κ1) is 9.17. The van der Waals surface area contributed by atoms with Gasteiger partial charge in [-0.2, -0.15) is 0 Å². The van der Waals surface area contributed by atoms with Crippen molar-refractivity contribution in [3.05, 3.63) is 10.1 Å². The summed E-state index contributed by atoms with van der Waals surface area (Å²) in [7, 11) is 0. The lowest BCUT2D eigenvalue weighted by Crippen LogP contribution is -2.55. The van der Waals surface area contributed by atoms with Crippen LogP contribution in [-0.2, 0) is 4.74 Å². The van der Waals surface area contributed by atoms with Crippen molar-refractivity contribution < 1.29 is 14.9 Å². The zero-order chi connectivity index (χ0) is 9.19.